The number of hydrogen-bond donors (Lipinski definition) is 0. The molecule has 0 radical (unpaired) electrons. The van der Waals surface area contributed by atoms with Gasteiger partial charge in [0, 0.05) is 12.1 Å². The molecule has 43 heavy (non-hydrogen) atoms. The Balaban J connectivity index is 1.34. The fraction of sp³-hybridized carbons (Fsp3) is 0.156. The van der Waals surface area contributed by atoms with Crippen molar-refractivity contribution < 1.29 is 33.6 Å². The van der Waals surface area contributed by atoms with E-state index in [2.05, 4.69) is 0 Å². The Labute approximate surface area is 245 Å². The molecule has 0 aliphatic carbocycles. The number of nitro benzene ring substituents is 1. The monoisotopic (exact) mass is 579 g/mol. The number of amides is 2. The first-order valence-electron chi connectivity index (χ1n) is 13.5. The van der Waals surface area contributed by atoms with Crippen LogP contribution in [0.1, 0.15) is 28.9 Å². The van der Waals surface area contributed by atoms with E-state index in [0.29, 0.717) is 34.9 Å². The van der Waals surface area contributed by atoms with Crippen LogP contribution in [0.15, 0.2) is 103 Å². The molecule has 2 aliphatic heterocycles. The molecule has 0 spiro atoms. The van der Waals surface area contributed by atoms with Crippen molar-refractivity contribution in [3.05, 3.63) is 124 Å². The molecule has 3 atom stereocenters. The number of fused-ring (bicyclic) bond motifs is 1. The van der Waals surface area contributed by atoms with Gasteiger partial charge in [-0.05, 0) is 67.1 Å². The SMILES string of the molecule is CCOc1ccc(N2C(=O)[C@H]3[C@@H](c4ccc(OC(=O)c5ccccc5)cc4)N(c4cccc([N+](=O)[O-])c4)O[C@H]3C2=O)cc1. The molecule has 216 valence electrons. The summed E-state index contributed by atoms with van der Waals surface area (Å²) in [5.74, 6) is -1.64. The zero-order valence-corrected chi connectivity index (χ0v) is 22.9. The highest BCUT2D eigenvalue weighted by atomic mass is 16.7. The van der Waals surface area contributed by atoms with Gasteiger partial charge in [0.15, 0.2) is 6.10 Å². The molecular weight excluding hydrogens is 554 g/mol. The van der Waals surface area contributed by atoms with Crippen molar-refractivity contribution in [1.29, 1.82) is 0 Å². The molecular formula is C32H25N3O8. The number of nitrogens with zero attached hydrogens (tertiary/aromatic N) is 3. The summed E-state index contributed by atoms with van der Waals surface area (Å²) in [6.45, 7) is 2.32. The number of esters is 1. The van der Waals surface area contributed by atoms with Gasteiger partial charge in [0.05, 0.1) is 34.5 Å². The van der Waals surface area contributed by atoms with Gasteiger partial charge >= 0.3 is 5.97 Å². The Morgan fingerprint density at radius 2 is 1.56 bits per heavy atom. The van der Waals surface area contributed by atoms with Crippen molar-refractivity contribution in [2.45, 2.75) is 19.1 Å². The van der Waals surface area contributed by atoms with Crippen molar-refractivity contribution >= 4 is 34.8 Å². The summed E-state index contributed by atoms with van der Waals surface area (Å²) in [7, 11) is 0. The number of nitro groups is 1. The van der Waals surface area contributed by atoms with Crippen LogP contribution in [0, 0.1) is 16.0 Å². The maximum Gasteiger partial charge on any atom is 0.343 e. The number of carbonyl (C=O) groups excluding carboxylic acids is 3. The summed E-state index contributed by atoms with van der Waals surface area (Å²) in [6, 6.07) is 26.6. The van der Waals surface area contributed by atoms with Gasteiger partial charge in [-0.2, -0.15) is 0 Å². The lowest BCUT2D eigenvalue weighted by Crippen LogP contribution is -2.37. The van der Waals surface area contributed by atoms with Gasteiger partial charge in [-0.15, -0.1) is 0 Å². The molecule has 4 aromatic carbocycles. The lowest BCUT2D eigenvalue weighted by atomic mass is 9.90. The minimum atomic E-state index is -1.17. The molecule has 2 aliphatic rings. The first-order chi connectivity index (χ1) is 20.9. The third-order valence-corrected chi connectivity index (χ3v) is 7.26. The van der Waals surface area contributed by atoms with Crippen LogP contribution in [-0.2, 0) is 14.4 Å². The smallest absolute Gasteiger partial charge is 0.343 e. The lowest BCUT2D eigenvalue weighted by molar-refractivity contribution is -0.384. The van der Waals surface area contributed by atoms with E-state index in [1.807, 2.05) is 6.92 Å². The number of ether oxygens (including phenoxy) is 2. The van der Waals surface area contributed by atoms with Gasteiger partial charge in [-0.1, -0.05) is 36.4 Å². The molecule has 11 nitrogen and oxygen atoms in total. The van der Waals surface area contributed by atoms with Gasteiger partial charge in [-0.3, -0.25) is 24.5 Å². The van der Waals surface area contributed by atoms with Gasteiger partial charge in [0.1, 0.15) is 17.4 Å². The number of imide groups is 1. The third-order valence-electron chi connectivity index (χ3n) is 7.26. The van der Waals surface area contributed by atoms with E-state index in [1.165, 1.54) is 23.3 Å². The second kappa shape index (κ2) is 11.4. The minimum Gasteiger partial charge on any atom is -0.494 e. The van der Waals surface area contributed by atoms with E-state index in [1.54, 1.807) is 84.9 Å². The first-order valence-corrected chi connectivity index (χ1v) is 13.5. The van der Waals surface area contributed by atoms with Crippen molar-refractivity contribution in [2.24, 2.45) is 5.92 Å². The third kappa shape index (κ3) is 5.17. The molecule has 2 heterocycles. The lowest BCUT2D eigenvalue weighted by Gasteiger charge is -2.28. The summed E-state index contributed by atoms with van der Waals surface area (Å²) in [5, 5.41) is 12.9. The van der Waals surface area contributed by atoms with Crippen molar-refractivity contribution in [3.63, 3.8) is 0 Å². The van der Waals surface area contributed by atoms with E-state index in [4.69, 9.17) is 14.3 Å². The summed E-state index contributed by atoms with van der Waals surface area (Å²) in [4.78, 5) is 58.2. The van der Waals surface area contributed by atoms with Crippen LogP contribution in [-0.4, -0.2) is 35.4 Å². The fourth-order valence-corrected chi connectivity index (χ4v) is 5.31. The second-order valence-corrected chi connectivity index (χ2v) is 9.86. The Kier molecular flexibility index (Phi) is 7.31. The number of rotatable bonds is 8. The molecule has 0 bridgehead atoms. The average molecular weight is 580 g/mol. The number of non-ortho nitro benzene ring substituents is 1. The quantitative estimate of drug-likeness (QED) is 0.0902. The van der Waals surface area contributed by atoms with Gasteiger partial charge in [-0.25, -0.2) is 14.8 Å². The summed E-state index contributed by atoms with van der Waals surface area (Å²) in [5.41, 5.74) is 1.48. The molecule has 0 unspecified atom stereocenters. The fourth-order valence-electron chi connectivity index (χ4n) is 5.31. The van der Waals surface area contributed by atoms with Crippen LogP contribution in [0.3, 0.4) is 0 Å². The highest BCUT2D eigenvalue weighted by molar-refractivity contribution is 6.24. The van der Waals surface area contributed by atoms with E-state index in [9.17, 15) is 24.5 Å². The maximum atomic E-state index is 13.9. The Hall–Kier alpha value is -5.55. The molecule has 2 amide bonds. The van der Waals surface area contributed by atoms with Crippen LogP contribution in [0.2, 0.25) is 0 Å². The van der Waals surface area contributed by atoms with Crippen molar-refractivity contribution in [3.8, 4) is 11.5 Å². The van der Waals surface area contributed by atoms with Gasteiger partial charge in [0.25, 0.3) is 11.6 Å². The number of hydrogen-bond acceptors (Lipinski definition) is 9. The van der Waals surface area contributed by atoms with Crippen LogP contribution >= 0.6 is 0 Å². The zero-order chi connectivity index (χ0) is 30.1. The highest BCUT2D eigenvalue weighted by Gasteiger charge is 2.60. The summed E-state index contributed by atoms with van der Waals surface area (Å²) < 4.78 is 11.0. The number of hydroxylamine groups is 1. The molecule has 6 rings (SSSR count). The highest BCUT2D eigenvalue weighted by Crippen LogP contribution is 2.48. The van der Waals surface area contributed by atoms with Crippen LogP contribution < -0.4 is 19.4 Å². The van der Waals surface area contributed by atoms with Crippen molar-refractivity contribution in [2.75, 3.05) is 16.6 Å². The normalized spacial score (nSPS) is 19.3. The van der Waals surface area contributed by atoms with E-state index in [-0.39, 0.29) is 11.4 Å². The molecule has 4 aromatic rings. The predicted molar refractivity (Wildman–Crippen MR) is 155 cm³/mol. The minimum absolute atomic E-state index is 0.172. The van der Waals surface area contributed by atoms with Crippen LogP contribution in [0.25, 0.3) is 0 Å². The van der Waals surface area contributed by atoms with Gasteiger partial charge in [0.2, 0.25) is 5.91 Å². The van der Waals surface area contributed by atoms with E-state index >= 15 is 0 Å². The van der Waals surface area contributed by atoms with E-state index < -0.39 is 40.8 Å². The van der Waals surface area contributed by atoms with Crippen LogP contribution in [0.5, 0.6) is 11.5 Å². The Morgan fingerprint density at radius 3 is 2.23 bits per heavy atom. The summed E-state index contributed by atoms with van der Waals surface area (Å²) in [6.07, 6.45) is -1.17. The zero-order valence-electron chi connectivity index (χ0n) is 22.9. The second-order valence-electron chi connectivity index (χ2n) is 9.86. The molecule has 0 aromatic heterocycles. The van der Waals surface area contributed by atoms with Gasteiger partial charge < -0.3 is 9.47 Å². The molecule has 0 saturated carbocycles. The number of benzene rings is 4. The average Bonchev–Trinajstić information content (AvgIpc) is 3.54. The topological polar surface area (TPSA) is 129 Å². The molecule has 11 heteroatoms. The number of carbonyl (C=O) groups is 3. The first kappa shape index (κ1) is 27.6. The number of anilines is 2. The molecule has 2 saturated heterocycles. The van der Waals surface area contributed by atoms with Crippen LogP contribution in [0.4, 0.5) is 17.1 Å². The van der Waals surface area contributed by atoms with E-state index in [0.717, 1.165) is 4.90 Å². The van der Waals surface area contributed by atoms with Crippen molar-refractivity contribution in [1.82, 2.24) is 0 Å². The predicted octanol–water partition coefficient (Wildman–Crippen LogP) is 5.26. The largest absolute Gasteiger partial charge is 0.494 e. The maximum absolute atomic E-state index is 13.9. The Morgan fingerprint density at radius 1 is 0.860 bits per heavy atom. The Bertz CT molecular complexity index is 1690. The standard InChI is InChI=1S/C32H25N3O8/c1-2-41-25-17-13-22(14-18-25)33-30(36)27-28(20-11-15-26(16-12-20)42-32(38)21-7-4-3-5-8-21)34(43-29(27)31(33)37)23-9-6-10-24(19-23)35(39)40/h3-19,27-29H,2H2,1H3/t27-,28+,29+/m0/s1. The molecule has 0 N–H and O–H groups in total. The summed E-state index contributed by atoms with van der Waals surface area (Å²) >= 11 is 0. The molecule has 2 fully saturated rings.